The highest BCUT2D eigenvalue weighted by Gasteiger charge is 2.14. The van der Waals surface area contributed by atoms with Crippen molar-refractivity contribution in [2.24, 2.45) is 0 Å². The summed E-state index contributed by atoms with van der Waals surface area (Å²) in [7, 11) is 0. The molecule has 6 nitrogen and oxygen atoms in total. The van der Waals surface area contributed by atoms with E-state index in [1.54, 1.807) is 37.3 Å². The molecule has 2 rings (SSSR count). The first-order valence-corrected chi connectivity index (χ1v) is 8.26. The van der Waals surface area contributed by atoms with Crippen molar-refractivity contribution in [1.29, 1.82) is 0 Å². The lowest BCUT2D eigenvalue weighted by Gasteiger charge is -2.07. The Morgan fingerprint density at radius 1 is 1.39 bits per heavy atom. The third-order valence-electron chi connectivity index (χ3n) is 3.00. The standard InChI is InChI=1S/C16H19N3O3S/c1-3-10-19-15(12-5-7-13(20)8-6-12)17-18-16(19)23-11-9-14(21)22-4-2/h3,5-8,20H,1,4,9-11H2,2H3. The maximum absolute atomic E-state index is 11.4. The van der Waals surface area contributed by atoms with Gasteiger partial charge < -0.3 is 9.84 Å². The van der Waals surface area contributed by atoms with E-state index in [9.17, 15) is 9.90 Å². The number of thioether (sulfide) groups is 1. The van der Waals surface area contributed by atoms with Crippen molar-refractivity contribution >= 4 is 17.7 Å². The van der Waals surface area contributed by atoms with Gasteiger partial charge in [0, 0.05) is 17.9 Å². The second-order valence-electron chi connectivity index (χ2n) is 4.66. The number of phenolic OH excluding ortho intramolecular Hbond substituents is 1. The van der Waals surface area contributed by atoms with E-state index >= 15 is 0 Å². The van der Waals surface area contributed by atoms with Crippen LogP contribution in [0.15, 0.2) is 42.1 Å². The van der Waals surface area contributed by atoms with Crippen molar-refractivity contribution in [2.45, 2.75) is 25.0 Å². The summed E-state index contributed by atoms with van der Waals surface area (Å²) in [5.41, 5.74) is 0.856. The topological polar surface area (TPSA) is 77.2 Å². The van der Waals surface area contributed by atoms with Crippen molar-refractivity contribution in [1.82, 2.24) is 14.8 Å². The number of esters is 1. The van der Waals surface area contributed by atoms with Gasteiger partial charge in [0.2, 0.25) is 0 Å². The minimum atomic E-state index is -0.214. The molecule has 2 aromatic rings. The first-order chi connectivity index (χ1) is 11.2. The van der Waals surface area contributed by atoms with Crippen LogP contribution in [0.5, 0.6) is 5.75 Å². The number of aromatic hydroxyl groups is 1. The number of hydrogen-bond donors (Lipinski definition) is 1. The van der Waals surface area contributed by atoms with Gasteiger partial charge in [-0.1, -0.05) is 17.8 Å². The van der Waals surface area contributed by atoms with Crippen molar-refractivity contribution in [3.63, 3.8) is 0 Å². The quantitative estimate of drug-likeness (QED) is 0.455. The smallest absolute Gasteiger partial charge is 0.306 e. The number of carbonyl (C=O) groups is 1. The number of benzene rings is 1. The molecule has 0 bridgehead atoms. The van der Waals surface area contributed by atoms with Crippen molar-refractivity contribution in [2.75, 3.05) is 12.4 Å². The minimum Gasteiger partial charge on any atom is -0.508 e. The Kier molecular flexibility index (Phi) is 6.22. The van der Waals surface area contributed by atoms with Gasteiger partial charge in [0.05, 0.1) is 13.0 Å². The van der Waals surface area contributed by atoms with E-state index in [0.29, 0.717) is 31.1 Å². The number of rotatable bonds is 8. The van der Waals surface area contributed by atoms with Crippen LogP contribution in [0.1, 0.15) is 13.3 Å². The summed E-state index contributed by atoms with van der Waals surface area (Å²) in [4.78, 5) is 11.4. The summed E-state index contributed by atoms with van der Waals surface area (Å²) < 4.78 is 6.83. The molecule has 7 heteroatoms. The van der Waals surface area contributed by atoms with Gasteiger partial charge in [-0.2, -0.15) is 0 Å². The minimum absolute atomic E-state index is 0.201. The predicted octanol–water partition coefficient (Wildman–Crippen LogP) is 2.88. The fraction of sp³-hybridized carbons (Fsp3) is 0.312. The average Bonchev–Trinajstić information content (AvgIpc) is 2.92. The maximum Gasteiger partial charge on any atom is 0.306 e. The summed E-state index contributed by atoms with van der Waals surface area (Å²) in [6.07, 6.45) is 2.09. The third kappa shape index (κ3) is 4.59. The number of phenols is 1. The zero-order valence-electron chi connectivity index (χ0n) is 12.9. The highest BCUT2D eigenvalue weighted by atomic mass is 32.2. The number of hydrogen-bond acceptors (Lipinski definition) is 6. The van der Waals surface area contributed by atoms with E-state index in [4.69, 9.17) is 4.74 Å². The van der Waals surface area contributed by atoms with Crippen LogP contribution in [0.4, 0.5) is 0 Å². The summed E-state index contributed by atoms with van der Waals surface area (Å²) in [5.74, 6) is 1.26. The van der Waals surface area contributed by atoms with Gasteiger partial charge in [0.1, 0.15) is 5.75 Å². The Balaban J connectivity index is 2.13. The molecule has 0 amide bonds. The molecule has 122 valence electrons. The third-order valence-corrected chi connectivity index (χ3v) is 3.97. The summed E-state index contributed by atoms with van der Waals surface area (Å²) in [6.45, 7) is 6.50. The highest BCUT2D eigenvalue weighted by molar-refractivity contribution is 7.99. The van der Waals surface area contributed by atoms with Gasteiger partial charge in [0.15, 0.2) is 11.0 Å². The van der Waals surface area contributed by atoms with Crippen LogP contribution >= 0.6 is 11.8 Å². The van der Waals surface area contributed by atoms with Crippen LogP contribution in [0.25, 0.3) is 11.4 Å². The molecule has 1 aromatic carbocycles. The molecule has 1 heterocycles. The molecule has 0 aliphatic rings. The number of allylic oxidation sites excluding steroid dienone is 1. The van der Waals surface area contributed by atoms with Gasteiger partial charge in [0.25, 0.3) is 0 Å². The van der Waals surface area contributed by atoms with Gasteiger partial charge >= 0.3 is 5.97 Å². The molecule has 23 heavy (non-hydrogen) atoms. The van der Waals surface area contributed by atoms with Crippen molar-refractivity contribution in [3.8, 4) is 17.1 Å². The van der Waals surface area contributed by atoms with Crippen LogP contribution in [0, 0.1) is 0 Å². The molecule has 0 aliphatic carbocycles. The summed E-state index contributed by atoms with van der Waals surface area (Å²) in [6, 6.07) is 6.78. The number of aromatic nitrogens is 3. The molecule has 1 aromatic heterocycles. The van der Waals surface area contributed by atoms with E-state index in [-0.39, 0.29) is 11.7 Å². The number of nitrogens with zero attached hydrogens (tertiary/aromatic N) is 3. The fourth-order valence-electron chi connectivity index (χ4n) is 1.97. The number of carbonyl (C=O) groups excluding carboxylic acids is 1. The van der Waals surface area contributed by atoms with Crippen LogP contribution in [0.3, 0.4) is 0 Å². The first kappa shape index (κ1) is 17.1. The van der Waals surface area contributed by atoms with Gasteiger partial charge in [-0.15, -0.1) is 16.8 Å². The zero-order chi connectivity index (χ0) is 16.7. The SMILES string of the molecule is C=CCn1c(SCCC(=O)OCC)nnc1-c1ccc(O)cc1. The Bertz CT molecular complexity index is 668. The molecule has 0 unspecified atom stereocenters. The monoisotopic (exact) mass is 333 g/mol. The van der Waals surface area contributed by atoms with Gasteiger partial charge in [-0.05, 0) is 31.2 Å². The predicted molar refractivity (Wildman–Crippen MR) is 89.3 cm³/mol. The molecule has 0 atom stereocenters. The molecule has 0 radical (unpaired) electrons. The largest absolute Gasteiger partial charge is 0.508 e. The first-order valence-electron chi connectivity index (χ1n) is 7.27. The molecule has 0 saturated carbocycles. The number of ether oxygens (including phenoxy) is 1. The molecule has 0 aliphatic heterocycles. The van der Waals surface area contributed by atoms with E-state index in [1.807, 2.05) is 4.57 Å². The van der Waals surface area contributed by atoms with E-state index in [2.05, 4.69) is 16.8 Å². The maximum atomic E-state index is 11.4. The van der Waals surface area contributed by atoms with Crippen LogP contribution in [-0.2, 0) is 16.1 Å². The zero-order valence-corrected chi connectivity index (χ0v) is 13.8. The van der Waals surface area contributed by atoms with Crippen molar-refractivity contribution < 1.29 is 14.6 Å². The lowest BCUT2D eigenvalue weighted by molar-refractivity contribution is -0.142. The highest BCUT2D eigenvalue weighted by Crippen LogP contribution is 2.25. The lowest BCUT2D eigenvalue weighted by Crippen LogP contribution is -2.06. The second kappa shape index (κ2) is 8.38. The lowest BCUT2D eigenvalue weighted by atomic mass is 10.2. The second-order valence-corrected chi connectivity index (χ2v) is 5.72. The molecule has 0 spiro atoms. The summed E-state index contributed by atoms with van der Waals surface area (Å²) in [5, 5.41) is 18.5. The van der Waals surface area contributed by atoms with E-state index in [0.717, 1.165) is 10.7 Å². The Morgan fingerprint density at radius 2 is 2.13 bits per heavy atom. The average molecular weight is 333 g/mol. The molecular formula is C16H19N3O3S. The summed E-state index contributed by atoms with van der Waals surface area (Å²) >= 11 is 1.45. The fourth-order valence-corrected chi connectivity index (χ4v) is 2.84. The van der Waals surface area contributed by atoms with Crippen LogP contribution in [-0.4, -0.2) is 38.2 Å². The normalized spacial score (nSPS) is 10.5. The Morgan fingerprint density at radius 3 is 2.78 bits per heavy atom. The van der Waals surface area contributed by atoms with Crippen molar-refractivity contribution in [3.05, 3.63) is 36.9 Å². The molecule has 0 saturated heterocycles. The van der Waals surface area contributed by atoms with Gasteiger partial charge in [-0.3, -0.25) is 9.36 Å². The van der Waals surface area contributed by atoms with Crippen LogP contribution < -0.4 is 0 Å². The Labute approximate surface area is 139 Å². The van der Waals surface area contributed by atoms with Gasteiger partial charge in [-0.25, -0.2) is 0 Å². The van der Waals surface area contributed by atoms with Crippen LogP contribution in [0.2, 0.25) is 0 Å². The molecule has 0 fully saturated rings. The van der Waals surface area contributed by atoms with E-state index in [1.165, 1.54) is 11.8 Å². The molecule has 1 N–H and O–H groups in total. The Hall–Kier alpha value is -2.28. The van der Waals surface area contributed by atoms with E-state index < -0.39 is 0 Å². The molecular weight excluding hydrogens is 314 g/mol.